The van der Waals surface area contributed by atoms with Crippen LogP contribution < -0.4 is 5.32 Å². The van der Waals surface area contributed by atoms with Crippen LogP contribution in [0.25, 0.3) is 5.52 Å². The van der Waals surface area contributed by atoms with Crippen molar-refractivity contribution >= 4 is 5.52 Å². The van der Waals surface area contributed by atoms with Gasteiger partial charge >= 0.3 is 0 Å². The number of nitrogens with one attached hydrogen (secondary N) is 1. The Balaban J connectivity index is 2.55. The first-order chi connectivity index (χ1) is 6.31. The molecule has 4 heteroatoms. The van der Waals surface area contributed by atoms with Crippen molar-refractivity contribution < 1.29 is 5.11 Å². The monoisotopic (exact) mass is 177 g/mol. The number of aromatic hydroxyl groups is 1. The summed E-state index contributed by atoms with van der Waals surface area (Å²) < 4.78 is 1.94. The van der Waals surface area contributed by atoms with Crippen LogP contribution in [0.4, 0.5) is 0 Å². The first-order valence-electron chi connectivity index (χ1n) is 4.11. The van der Waals surface area contributed by atoms with Gasteiger partial charge in [0.1, 0.15) is 11.6 Å². The number of rotatable bonds is 2. The topological polar surface area (TPSA) is 49.6 Å². The minimum absolute atomic E-state index is 0.267. The molecule has 0 bridgehead atoms. The van der Waals surface area contributed by atoms with Gasteiger partial charge in [0, 0.05) is 12.3 Å². The maximum Gasteiger partial charge on any atom is 0.127 e. The average molecular weight is 177 g/mol. The lowest BCUT2D eigenvalue weighted by molar-refractivity contribution is 0.475. The molecule has 0 aliphatic rings. The summed E-state index contributed by atoms with van der Waals surface area (Å²) in [4.78, 5) is 4.22. The fraction of sp³-hybridized carbons (Fsp3) is 0.222. The summed E-state index contributed by atoms with van der Waals surface area (Å²) >= 11 is 0. The van der Waals surface area contributed by atoms with Crippen molar-refractivity contribution in [3.63, 3.8) is 0 Å². The van der Waals surface area contributed by atoms with Gasteiger partial charge in [-0.1, -0.05) is 0 Å². The van der Waals surface area contributed by atoms with E-state index in [1.807, 2.05) is 17.6 Å². The molecule has 0 amide bonds. The Morgan fingerprint density at radius 2 is 2.46 bits per heavy atom. The molecule has 0 atom stereocenters. The van der Waals surface area contributed by atoms with E-state index in [1.54, 1.807) is 18.3 Å². The lowest BCUT2D eigenvalue weighted by Crippen LogP contribution is -2.08. The maximum absolute atomic E-state index is 9.21. The molecule has 68 valence electrons. The van der Waals surface area contributed by atoms with Gasteiger partial charge in [0.15, 0.2) is 0 Å². The second-order valence-electron chi connectivity index (χ2n) is 2.88. The Morgan fingerprint density at radius 3 is 3.23 bits per heavy atom. The first-order valence-corrected chi connectivity index (χ1v) is 4.11. The van der Waals surface area contributed by atoms with Crippen LogP contribution in [-0.4, -0.2) is 21.5 Å². The highest BCUT2D eigenvalue weighted by molar-refractivity contribution is 5.50. The van der Waals surface area contributed by atoms with Crippen molar-refractivity contribution in [3.8, 4) is 5.75 Å². The number of aromatic nitrogens is 2. The summed E-state index contributed by atoms with van der Waals surface area (Å²) in [7, 11) is 1.88. The Morgan fingerprint density at radius 1 is 1.62 bits per heavy atom. The van der Waals surface area contributed by atoms with E-state index in [4.69, 9.17) is 0 Å². The molecule has 2 N–H and O–H groups in total. The van der Waals surface area contributed by atoms with Gasteiger partial charge in [0.25, 0.3) is 0 Å². The predicted molar refractivity (Wildman–Crippen MR) is 49.6 cm³/mol. The molecule has 2 aromatic rings. The second kappa shape index (κ2) is 3.06. The number of nitrogens with zero attached hydrogens (tertiary/aromatic N) is 2. The van der Waals surface area contributed by atoms with Crippen molar-refractivity contribution in [3.05, 3.63) is 30.4 Å². The zero-order valence-electron chi connectivity index (χ0n) is 7.36. The lowest BCUT2D eigenvalue weighted by atomic mass is 10.4. The molecular formula is C9H11N3O. The molecule has 0 unspecified atom stereocenters. The van der Waals surface area contributed by atoms with Crippen LogP contribution >= 0.6 is 0 Å². The van der Waals surface area contributed by atoms with Crippen LogP contribution in [0.2, 0.25) is 0 Å². The van der Waals surface area contributed by atoms with Crippen LogP contribution in [0.15, 0.2) is 24.5 Å². The molecule has 0 saturated carbocycles. The third-order valence-electron chi connectivity index (χ3n) is 1.93. The number of imidazole rings is 1. The fourth-order valence-electron chi connectivity index (χ4n) is 1.33. The summed E-state index contributed by atoms with van der Waals surface area (Å²) in [5.74, 6) is 1.21. The summed E-state index contributed by atoms with van der Waals surface area (Å²) in [6, 6.07) is 3.33. The summed E-state index contributed by atoms with van der Waals surface area (Å²) in [5, 5.41) is 12.2. The van der Waals surface area contributed by atoms with E-state index in [2.05, 4.69) is 10.3 Å². The SMILES string of the molecule is CNCc1ncc2cc(O)ccn12. The molecule has 4 nitrogen and oxygen atoms in total. The molecule has 0 fully saturated rings. The largest absolute Gasteiger partial charge is 0.508 e. The Kier molecular flexibility index (Phi) is 1.90. The van der Waals surface area contributed by atoms with Gasteiger partial charge in [-0.25, -0.2) is 4.98 Å². The molecule has 0 spiro atoms. The van der Waals surface area contributed by atoms with E-state index in [9.17, 15) is 5.11 Å². The minimum Gasteiger partial charge on any atom is -0.508 e. The highest BCUT2D eigenvalue weighted by Gasteiger charge is 2.01. The van der Waals surface area contributed by atoms with Gasteiger partial charge in [-0.2, -0.15) is 0 Å². The van der Waals surface area contributed by atoms with Crippen LogP contribution in [-0.2, 0) is 6.54 Å². The maximum atomic E-state index is 9.21. The summed E-state index contributed by atoms with van der Waals surface area (Å²) in [6.07, 6.45) is 3.55. The van der Waals surface area contributed by atoms with Crippen LogP contribution in [0.5, 0.6) is 5.75 Å². The van der Waals surface area contributed by atoms with Gasteiger partial charge in [0.05, 0.1) is 18.3 Å². The van der Waals surface area contributed by atoms with Crippen molar-refractivity contribution in [2.75, 3.05) is 7.05 Å². The van der Waals surface area contributed by atoms with Crippen molar-refractivity contribution in [2.24, 2.45) is 0 Å². The zero-order chi connectivity index (χ0) is 9.26. The van der Waals surface area contributed by atoms with E-state index >= 15 is 0 Å². The lowest BCUT2D eigenvalue weighted by Gasteiger charge is -1.99. The standard InChI is InChI=1S/C9H11N3O/c1-10-6-9-11-5-7-4-8(13)2-3-12(7)9/h2-5,10,13H,6H2,1H3. The second-order valence-corrected chi connectivity index (χ2v) is 2.88. The molecule has 0 radical (unpaired) electrons. The number of pyridine rings is 1. The molecule has 2 rings (SSSR count). The van der Waals surface area contributed by atoms with Crippen LogP contribution in [0.3, 0.4) is 0 Å². The van der Waals surface area contributed by atoms with Gasteiger partial charge < -0.3 is 14.8 Å². The van der Waals surface area contributed by atoms with Gasteiger partial charge in [0.2, 0.25) is 0 Å². The molecule has 0 saturated heterocycles. The summed E-state index contributed by atoms with van der Waals surface area (Å²) in [5.41, 5.74) is 0.908. The van der Waals surface area contributed by atoms with E-state index in [0.717, 1.165) is 17.9 Å². The Bertz CT molecular complexity index is 422. The van der Waals surface area contributed by atoms with E-state index in [-0.39, 0.29) is 5.75 Å². The first kappa shape index (κ1) is 8.07. The molecule has 0 aliphatic heterocycles. The molecule has 2 heterocycles. The number of hydrogen-bond acceptors (Lipinski definition) is 3. The molecule has 0 aliphatic carbocycles. The molecule has 13 heavy (non-hydrogen) atoms. The predicted octanol–water partition coefficient (Wildman–Crippen LogP) is 0.759. The van der Waals surface area contributed by atoms with Crippen molar-refractivity contribution in [1.82, 2.24) is 14.7 Å². The highest BCUT2D eigenvalue weighted by Crippen LogP contribution is 2.13. The van der Waals surface area contributed by atoms with E-state index in [0.29, 0.717) is 0 Å². The summed E-state index contributed by atoms with van der Waals surface area (Å²) in [6.45, 7) is 0.721. The van der Waals surface area contributed by atoms with Gasteiger partial charge in [-0.05, 0) is 13.1 Å². The normalized spacial score (nSPS) is 10.8. The molecule has 0 aromatic carbocycles. The quantitative estimate of drug-likeness (QED) is 0.712. The van der Waals surface area contributed by atoms with Gasteiger partial charge in [-0.3, -0.25) is 0 Å². The van der Waals surface area contributed by atoms with Crippen LogP contribution in [0.1, 0.15) is 5.82 Å². The molecular weight excluding hydrogens is 166 g/mol. The third-order valence-corrected chi connectivity index (χ3v) is 1.93. The Hall–Kier alpha value is -1.55. The third kappa shape index (κ3) is 1.36. The highest BCUT2D eigenvalue weighted by atomic mass is 16.3. The van der Waals surface area contributed by atoms with Gasteiger partial charge in [-0.15, -0.1) is 0 Å². The Labute approximate surface area is 75.8 Å². The fourth-order valence-corrected chi connectivity index (χ4v) is 1.33. The smallest absolute Gasteiger partial charge is 0.127 e. The number of fused-ring (bicyclic) bond motifs is 1. The number of hydrogen-bond donors (Lipinski definition) is 2. The minimum atomic E-state index is 0.267. The van der Waals surface area contributed by atoms with Crippen LogP contribution in [0, 0.1) is 0 Å². The zero-order valence-corrected chi connectivity index (χ0v) is 7.36. The van der Waals surface area contributed by atoms with E-state index < -0.39 is 0 Å². The van der Waals surface area contributed by atoms with E-state index in [1.165, 1.54) is 0 Å². The average Bonchev–Trinajstić information content (AvgIpc) is 2.49. The van der Waals surface area contributed by atoms with Crippen molar-refractivity contribution in [2.45, 2.75) is 6.54 Å². The van der Waals surface area contributed by atoms with Crippen molar-refractivity contribution in [1.29, 1.82) is 0 Å². The molecule has 2 aromatic heterocycles.